The summed E-state index contributed by atoms with van der Waals surface area (Å²) in [5, 5.41) is 38.8. The van der Waals surface area contributed by atoms with Gasteiger partial charge in [0.25, 0.3) is 5.69 Å². The van der Waals surface area contributed by atoms with Crippen LogP contribution in [0.1, 0.15) is 0 Å². The van der Waals surface area contributed by atoms with Gasteiger partial charge in [0, 0.05) is 12.1 Å². The molecule has 8 nitrogen and oxygen atoms in total. The first-order valence-corrected chi connectivity index (χ1v) is 5.56. The summed E-state index contributed by atoms with van der Waals surface area (Å²) >= 11 is 0. The molecule has 19 heavy (non-hydrogen) atoms. The third-order valence-electron chi connectivity index (χ3n) is 2.75. The van der Waals surface area contributed by atoms with E-state index in [-0.39, 0.29) is 18.0 Å². The molecule has 1 aromatic rings. The topological polar surface area (TPSA) is 122 Å². The quantitative estimate of drug-likeness (QED) is 0.496. The largest absolute Gasteiger partial charge is 0.462 e. The van der Waals surface area contributed by atoms with E-state index in [4.69, 9.17) is 9.47 Å². The number of nitro benzene ring substituents is 1. The monoisotopic (exact) mass is 271 g/mol. The van der Waals surface area contributed by atoms with E-state index in [0.717, 1.165) is 0 Å². The lowest BCUT2D eigenvalue weighted by molar-refractivity contribution is -0.384. The number of aliphatic hydroxyl groups is 3. The van der Waals surface area contributed by atoms with Crippen molar-refractivity contribution in [1.82, 2.24) is 0 Å². The van der Waals surface area contributed by atoms with Gasteiger partial charge in [-0.1, -0.05) is 0 Å². The zero-order valence-electron chi connectivity index (χ0n) is 9.75. The van der Waals surface area contributed by atoms with E-state index >= 15 is 0 Å². The number of aliphatic hydroxyl groups excluding tert-OH is 3. The number of benzene rings is 1. The van der Waals surface area contributed by atoms with Gasteiger partial charge in [-0.3, -0.25) is 10.1 Å². The minimum Gasteiger partial charge on any atom is -0.462 e. The van der Waals surface area contributed by atoms with E-state index in [0.29, 0.717) is 0 Å². The lowest BCUT2D eigenvalue weighted by atomic mass is 10.1. The van der Waals surface area contributed by atoms with Crippen LogP contribution in [0.2, 0.25) is 0 Å². The molecule has 1 heterocycles. The van der Waals surface area contributed by atoms with Gasteiger partial charge in [0.1, 0.15) is 24.1 Å². The third kappa shape index (κ3) is 2.99. The summed E-state index contributed by atoms with van der Waals surface area (Å²) in [5.74, 6) is 0.248. The second kappa shape index (κ2) is 5.49. The molecular formula is C11H13NO7. The highest BCUT2D eigenvalue weighted by molar-refractivity contribution is 5.36. The number of nitro groups is 1. The van der Waals surface area contributed by atoms with Gasteiger partial charge >= 0.3 is 0 Å². The molecule has 0 bridgehead atoms. The van der Waals surface area contributed by atoms with Crippen LogP contribution in [0.15, 0.2) is 24.3 Å². The summed E-state index contributed by atoms with van der Waals surface area (Å²) in [6.45, 7) is -0.171. The summed E-state index contributed by atoms with van der Waals surface area (Å²) in [6.07, 6.45) is -5.08. The van der Waals surface area contributed by atoms with Crippen molar-refractivity contribution >= 4 is 5.69 Å². The van der Waals surface area contributed by atoms with E-state index in [2.05, 4.69) is 0 Å². The second-order valence-electron chi connectivity index (χ2n) is 4.12. The van der Waals surface area contributed by atoms with Crippen LogP contribution in [0.25, 0.3) is 0 Å². The first-order valence-electron chi connectivity index (χ1n) is 5.56. The second-order valence-corrected chi connectivity index (χ2v) is 4.12. The van der Waals surface area contributed by atoms with Crippen LogP contribution in [-0.2, 0) is 4.74 Å². The maximum Gasteiger partial charge on any atom is 0.269 e. The van der Waals surface area contributed by atoms with Crippen LogP contribution in [0.5, 0.6) is 5.75 Å². The van der Waals surface area contributed by atoms with E-state index in [1.165, 1.54) is 24.3 Å². The minimum absolute atomic E-state index is 0.0899. The van der Waals surface area contributed by atoms with E-state index in [1.807, 2.05) is 0 Å². The van der Waals surface area contributed by atoms with Crippen molar-refractivity contribution < 1.29 is 29.7 Å². The van der Waals surface area contributed by atoms with Crippen molar-refractivity contribution in [3.05, 3.63) is 34.4 Å². The Morgan fingerprint density at radius 2 is 1.84 bits per heavy atom. The average molecular weight is 271 g/mol. The molecule has 1 fully saturated rings. The fourth-order valence-electron chi connectivity index (χ4n) is 1.66. The molecule has 0 aromatic heterocycles. The van der Waals surface area contributed by atoms with Crippen LogP contribution in [0.3, 0.4) is 0 Å². The van der Waals surface area contributed by atoms with Crippen molar-refractivity contribution in [2.75, 3.05) is 6.61 Å². The first kappa shape index (κ1) is 13.7. The Bertz CT molecular complexity index is 449. The number of ether oxygens (including phenoxy) is 2. The SMILES string of the molecule is O=[N+]([O-])c1ccc(O[C@@H]2OC[C@H](O)[C@@H](O)C2O)cc1. The van der Waals surface area contributed by atoms with Crippen molar-refractivity contribution in [3.63, 3.8) is 0 Å². The molecule has 0 spiro atoms. The first-order chi connectivity index (χ1) is 8.99. The van der Waals surface area contributed by atoms with Crippen LogP contribution < -0.4 is 4.74 Å². The van der Waals surface area contributed by atoms with Gasteiger partial charge in [0.2, 0.25) is 6.29 Å². The van der Waals surface area contributed by atoms with E-state index in [1.54, 1.807) is 0 Å². The van der Waals surface area contributed by atoms with Gasteiger partial charge in [0.05, 0.1) is 11.5 Å². The van der Waals surface area contributed by atoms with Crippen LogP contribution >= 0.6 is 0 Å². The number of hydrogen-bond acceptors (Lipinski definition) is 7. The standard InChI is InChI=1S/C11H13NO7/c13-8-5-18-11(10(15)9(8)14)19-7-3-1-6(2-4-7)12(16)17/h1-4,8-11,13-15H,5H2/t8-,9+,10?,11-/m0/s1. The molecule has 1 unspecified atom stereocenters. The Kier molecular flexibility index (Phi) is 3.96. The zero-order chi connectivity index (χ0) is 14.0. The molecule has 1 aliphatic heterocycles. The maximum atomic E-state index is 10.5. The molecule has 0 saturated carbocycles. The molecule has 0 amide bonds. The summed E-state index contributed by atoms with van der Waals surface area (Å²) < 4.78 is 10.3. The summed E-state index contributed by atoms with van der Waals surface area (Å²) in [5.41, 5.74) is -0.0899. The van der Waals surface area contributed by atoms with Gasteiger partial charge in [-0.2, -0.15) is 0 Å². The summed E-state index contributed by atoms with van der Waals surface area (Å²) in [7, 11) is 0. The highest BCUT2D eigenvalue weighted by Crippen LogP contribution is 2.22. The Balaban J connectivity index is 2.03. The Morgan fingerprint density at radius 1 is 1.21 bits per heavy atom. The van der Waals surface area contributed by atoms with Gasteiger partial charge in [-0.15, -0.1) is 0 Å². The molecule has 1 saturated heterocycles. The maximum absolute atomic E-state index is 10.5. The van der Waals surface area contributed by atoms with Gasteiger partial charge in [-0.05, 0) is 12.1 Å². The third-order valence-corrected chi connectivity index (χ3v) is 2.75. The molecule has 0 radical (unpaired) electrons. The molecule has 8 heteroatoms. The molecule has 1 aromatic carbocycles. The van der Waals surface area contributed by atoms with Crippen LogP contribution in [0.4, 0.5) is 5.69 Å². The number of rotatable bonds is 3. The van der Waals surface area contributed by atoms with Gasteiger partial charge < -0.3 is 24.8 Å². The molecule has 4 atom stereocenters. The molecule has 1 aliphatic rings. The molecular weight excluding hydrogens is 258 g/mol. The minimum atomic E-state index is -1.40. The Labute approximate surface area is 108 Å². The lowest BCUT2D eigenvalue weighted by Gasteiger charge is -2.34. The van der Waals surface area contributed by atoms with Crippen molar-refractivity contribution in [1.29, 1.82) is 0 Å². The van der Waals surface area contributed by atoms with Crippen LogP contribution in [0, 0.1) is 10.1 Å². The van der Waals surface area contributed by atoms with Gasteiger partial charge in [0.15, 0.2) is 0 Å². The molecule has 3 N–H and O–H groups in total. The Morgan fingerprint density at radius 3 is 2.42 bits per heavy atom. The fourth-order valence-corrected chi connectivity index (χ4v) is 1.66. The van der Waals surface area contributed by atoms with E-state index < -0.39 is 29.5 Å². The van der Waals surface area contributed by atoms with Crippen molar-refractivity contribution in [2.24, 2.45) is 0 Å². The average Bonchev–Trinajstić information content (AvgIpc) is 2.40. The summed E-state index contributed by atoms with van der Waals surface area (Å²) in [6, 6.07) is 5.20. The highest BCUT2D eigenvalue weighted by atomic mass is 16.7. The predicted molar refractivity (Wildman–Crippen MR) is 61.5 cm³/mol. The van der Waals surface area contributed by atoms with Crippen LogP contribution in [-0.4, -0.2) is 51.5 Å². The highest BCUT2D eigenvalue weighted by Gasteiger charge is 2.38. The van der Waals surface area contributed by atoms with Crippen molar-refractivity contribution in [3.8, 4) is 5.75 Å². The zero-order valence-corrected chi connectivity index (χ0v) is 9.75. The fraction of sp³-hybridized carbons (Fsp3) is 0.455. The predicted octanol–water partition coefficient (Wildman–Crippen LogP) is -0.587. The van der Waals surface area contributed by atoms with E-state index in [9.17, 15) is 25.4 Å². The molecule has 0 aliphatic carbocycles. The normalized spacial score (nSPS) is 30.9. The number of hydrogen-bond donors (Lipinski definition) is 3. The lowest BCUT2D eigenvalue weighted by Crippen LogP contribution is -2.54. The molecule has 2 rings (SSSR count). The summed E-state index contributed by atoms with van der Waals surface area (Å²) in [4.78, 5) is 9.93. The number of nitrogens with zero attached hydrogens (tertiary/aromatic N) is 1. The number of non-ortho nitro benzene ring substituents is 1. The molecule has 104 valence electrons. The van der Waals surface area contributed by atoms with Gasteiger partial charge in [-0.25, -0.2) is 0 Å². The van der Waals surface area contributed by atoms with Crippen molar-refractivity contribution in [2.45, 2.75) is 24.6 Å². The Hall–Kier alpha value is -1.74. The smallest absolute Gasteiger partial charge is 0.269 e.